The number of amides is 2. The maximum atomic E-state index is 13.0. The highest BCUT2D eigenvalue weighted by Gasteiger charge is 2.29. The van der Waals surface area contributed by atoms with E-state index < -0.39 is 0 Å². The predicted octanol–water partition coefficient (Wildman–Crippen LogP) is 2.63. The summed E-state index contributed by atoms with van der Waals surface area (Å²) in [5, 5.41) is 9.73. The van der Waals surface area contributed by atoms with E-state index in [4.69, 9.17) is 4.74 Å². The van der Waals surface area contributed by atoms with E-state index in [9.17, 15) is 14.9 Å². The minimum atomic E-state index is -0.347. The van der Waals surface area contributed by atoms with Gasteiger partial charge in [-0.3, -0.25) is 14.5 Å². The van der Waals surface area contributed by atoms with Gasteiger partial charge < -0.3 is 14.5 Å². The van der Waals surface area contributed by atoms with Gasteiger partial charge in [-0.05, 0) is 47.9 Å². The number of carbonyl (C=O) groups excluding carboxylic acids is 2. The summed E-state index contributed by atoms with van der Waals surface area (Å²) < 4.78 is 5.20. The van der Waals surface area contributed by atoms with Crippen LogP contribution in [0.2, 0.25) is 0 Å². The molecule has 0 saturated carbocycles. The zero-order chi connectivity index (χ0) is 22.0. The highest BCUT2D eigenvalue weighted by molar-refractivity contribution is 5.98. The molecule has 2 aromatic rings. The molecule has 160 valence electrons. The largest absolute Gasteiger partial charge is 0.497 e. The van der Waals surface area contributed by atoms with Crippen molar-refractivity contribution in [2.24, 2.45) is 0 Å². The molecule has 0 bridgehead atoms. The Morgan fingerprint density at radius 3 is 2.35 bits per heavy atom. The molecule has 2 aromatic carbocycles. The Hall–Kier alpha value is -3.37. The summed E-state index contributed by atoms with van der Waals surface area (Å²) >= 11 is 0. The summed E-state index contributed by atoms with van der Waals surface area (Å²) in [7, 11) is 1.62. The Morgan fingerprint density at radius 1 is 1.03 bits per heavy atom. The van der Waals surface area contributed by atoms with Gasteiger partial charge >= 0.3 is 0 Å². The van der Waals surface area contributed by atoms with Crippen LogP contribution >= 0.6 is 0 Å². The number of hydrogen-bond acceptors (Lipinski definition) is 5. The van der Waals surface area contributed by atoms with Gasteiger partial charge in [-0.15, -0.1) is 0 Å². The van der Waals surface area contributed by atoms with Crippen molar-refractivity contribution in [2.75, 3.05) is 44.7 Å². The second kappa shape index (κ2) is 8.78. The monoisotopic (exact) mass is 418 g/mol. The number of rotatable bonds is 4. The van der Waals surface area contributed by atoms with Gasteiger partial charge in [-0.1, -0.05) is 12.1 Å². The number of hydrogen-bond donors (Lipinski definition) is 0. The highest BCUT2D eigenvalue weighted by Crippen LogP contribution is 2.30. The summed E-state index contributed by atoms with van der Waals surface area (Å²) in [5.41, 5.74) is 3.54. The molecule has 2 heterocycles. The number of fused-ring (bicyclic) bond motifs is 1. The van der Waals surface area contributed by atoms with Crippen molar-refractivity contribution >= 4 is 17.5 Å². The second-order valence-corrected chi connectivity index (χ2v) is 7.90. The number of piperazine rings is 1. The molecule has 1 saturated heterocycles. The van der Waals surface area contributed by atoms with Crippen molar-refractivity contribution in [3.8, 4) is 11.8 Å². The van der Waals surface area contributed by atoms with E-state index in [-0.39, 0.29) is 17.9 Å². The van der Waals surface area contributed by atoms with Crippen LogP contribution in [0.5, 0.6) is 5.75 Å². The first-order valence-corrected chi connectivity index (χ1v) is 10.5. The third-order valence-electron chi connectivity index (χ3n) is 6.12. The normalized spacial score (nSPS) is 17.1. The standard InChI is InChI=1S/C24H26N4O3/c1-17(29)28-10-9-19-15-20(5-8-22(19)28)24(30)27-13-11-26(12-14-27)23(16-25)18-3-6-21(31-2)7-4-18/h3-8,15,23H,9-14H2,1-2H3. The smallest absolute Gasteiger partial charge is 0.253 e. The third kappa shape index (κ3) is 4.12. The fourth-order valence-electron chi connectivity index (χ4n) is 4.38. The molecule has 0 aromatic heterocycles. The summed E-state index contributed by atoms with van der Waals surface area (Å²) in [6.07, 6.45) is 0.773. The quantitative estimate of drug-likeness (QED) is 0.763. The molecule has 2 amide bonds. The van der Waals surface area contributed by atoms with Crippen LogP contribution in [0.15, 0.2) is 42.5 Å². The third-order valence-corrected chi connectivity index (χ3v) is 6.12. The lowest BCUT2D eigenvalue weighted by atomic mass is 10.0. The molecule has 0 aliphatic carbocycles. The summed E-state index contributed by atoms with van der Waals surface area (Å²) in [4.78, 5) is 30.5. The summed E-state index contributed by atoms with van der Waals surface area (Å²) in [5.74, 6) is 0.788. The molecule has 0 spiro atoms. The Labute approximate surface area is 182 Å². The number of anilines is 1. The lowest BCUT2D eigenvalue weighted by Gasteiger charge is -2.37. The van der Waals surface area contributed by atoms with E-state index in [1.165, 1.54) is 0 Å². The molecular weight excluding hydrogens is 392 g/mol. The number of nitriles is 1. The zero-order valence-electron chi connectivity index (χ0n) is 17.9. The number of ether oxygens (including phenoxy) is 1. The van der Waals surface area contributed by atoms with E-state index >= 15 is 0 Å². The summed E-state index contributed by atoms with van der Waals surface area (Å²) in [6, 6.07) is 15.2. The van der Waals surface area contributed by atoms with Gasteiger partial charge in [0.25, 0.3) is 5.91 Å². The maximum Gasteiger partial charge on any atom is 0.253 e. The zero-order valence-corrected chi connectivity index (χ0v) is 17.9. The molecule has 7 heteroatoms. The van der Waals surface area contributed by atoms with Gasteiger partial charge in [-0.2, -0.15) is 5.26 Å². The molecule has 2 aliphatic heterocycles. The van der Waals surface area contributed by atoms with Crippen LogP contribution < -0.4 is 9.64 Å². The lowest BCUT2D eigenvalue weighted by molar-refractivity contribution is -0.116. The number of carbonyl (C=O) groups is 2. The van der Waals surface area contributed by atoms with Crippen molar-refractivity contribution in [1.82, 2.24) is 9.80 Å². The molecular formula is C24H26N4O3. The fraction of sp³-hybridized carbons (Fsp3) is 0.375. The van der Waals surface area contributed by atoms with E-state index in [0.29, 0.717) is 38.3 Å². The van der Waals surface area contributed by atoms with Crippen molar-refractivity contribution < 1.29 is 14.3 Å². The molecule has 1 fully saturated rings. The fourth-order valence-corrected chi connectivity index (χ4v) is 4.38. The van der Waals surface area contributed by atoms with Gasteiger partial charge in [0.05, 0.1) is 13.2 Å². The van der Waals surface area contributed by atoms with Crippen molar-refractivity contribution in [1.29, 1.82) is 5.26 Å². The Morgan fingerprint density at radius 2 is 1.74 bits per heavy atom. The lowest BCUT2D eigenvalue weighted by Crippen LogP contribution is -2.49. The van der Waals surface area contributed by atoms with Crippen LogP contribution in [0.1, 0.15) is 34.5 Å². The minimum Gasteiger partial charge on any atom is -0.497 e. The first kappa shape index (κ1) is 20.9. The number of methoxy groups -OCH3 is 1. The number of nitrogens with zero attached hydrogens (tertiary/aromatic N) is 4. The van der Waals surface area contributed by atoms with E-state index in [0.717, 1.165) is 29.0 Å². The minimum absolute atomic E-state index is 0.00156. The van der Waals surface area contributed by atoms with Crippen LogP contribution in [0.25, 0.3) is 0 Å². The van der Waals surface area contributed by atoms with Crippen LogP contribution in [0.4, 0.5) is 5.69 Å². The van der Waals surface area contributed by atoms with Gasteiger partial charge in [0.2, 0.25) is 5.91 Å². The SMILES string of the molecule is COc1ccc(C(C#N)N2CCN(C(=O)c3ccc4c(c3)CCN4C(C)=O)CC2)cc1. The van der Waals surface area contributed by atoms with Crippen LogP contribution in [-0.2, 0) is 11.2 Å². The Kier molecular flexibility index (Phi) is 5.92. The Bertz CT molecular complexity index is 1020. The molecule has 0 radical (unpaired) electrons. The van der Waals surface area contributed by atoms with Crippen LogP contribution in [0, 0.1) is 11.3 Å². The molecule has 1 unspecified atom stereocenters. The topological polar surface area (TPSA) is 76.9 Å². The van der Waals surface area contributed by atoms with E-state index in [2.05, 4.69) is 11.0 Å². The first-order valence-electron chi connectivity index (χ1n) is 10.5. The molecule has 1 atom stereocenters. The highest BCUT2D eigenvalue weighted by atomic mass is 16.5. The first-order chi connectivity index (χ1) is 15.0. The molecule has 2 aliphatic rings. The molecule has 31 heavy (non-hydrogen) atoms. The van der Waals surface area contributed by atoms with Gasteiger partial charge in [0, 0.05) is 50.9 Å². The van der Waals surface area contributed by atoms with Crippen molar-refractivity contribution in [3.05, 3.63) is 59.2 Å². The Balaban J connectivity index is 1.41. The maximum absolute atomic E-state index is 13.0. The molecule has 4 rings (SSSR count). The van der Waals surface area contributed by atoms with Gasteiger partial charge in [-0.25, -0.2) is 0 Å². The molecule has 7 nitrogen and oxygen atoms in total. The van der Waals surface area contributed by atoms with Crippen molar-refractivity contribution in [3.63, 3.8) is 0 Å². The second-order valence-electron chi connectivity index (χ2n) is 7.90. The molecule has 0 N–H and O–H groups in total. The van der Waals surface area contributed by atoms with Crippen LogP contribution in [-0.4, -0.2) is 61.4 Å². The van der Waals surface area contributed by atoms with E-state index in [1.807, 2.05) is 47.4 Å². The average molecular weight is 418 g/mol. The average Bonchev–Trinajstić information content (AvgIpc) is 3.24. The van der Waals surface area contributed by atoms with Crippen LogP contribution in [0.3, 0.4) is 0 Å². The summed E-state index contributed by atoms with van der Waals surface area (Å²) in [6.45, 7) is 4.65. The predicted molar refractivity (Wildman–Crippen MR) is 117 cm³/mol. The van der Waals surface area contributed by atoms with Gasteiger partial charge in [0.1, 0.15) is 11.8 Å². The van der Waals surface area contributed by atoms with Gasteiger partial charge in [0.15, 0.2) is 0 Å². The number of benzene rings is 2. The van der Waals surface area contributed by atoms with E-state index in [1.54, 1.807) is 18.9 Å². The van der Waals surface area contributed by atoms with Crippen molar-refractivity contribution in [2.45, 2.75) is 19.4 Å².